The Kier molecular flexibility index (Phi) is 4.07. The molecule has 0 aliphatic rings. The minimum Gasteiger partial charge on any atom is -0.317 e. The highest BCUT2D eigenvalue weighted by molar-refractivity contribution is 6.04. The maximum Gasteiger partial charge on any atom is 0.255 e. The van der Waals surface area contributed by atoms with E-state index in [1.807, 2.05) is 12.1 Å². The predicted molar refractivity (Wildman–Crippen MR) is 79.5 cm³/mol. The molecule has 4 heteroatoms. The molecule has 0 aliphatic heterocycles. The van der Waals surface area contributed by atoms with Crippen LogP contribution >= 0.6 is 0 Å². The van der Waals surface area contributed by atoms with E-state index < -0.39 is 23.2 Å². The van der Waals surface area contributed by atoms with E-state index in [0.29, 0.717) is 5.56 Å². The number of hydrogen-bond acceptors (Lipinski definition) is 1. The van der Waals surface area contributed by atoms with Gasteiger partial charge in [-0.05, 0) is 35.2 Å². The Bertz CT molecular complexity index is 637. The molecule has 0 atom stereocenters. The van der Waals surface area contributed by atoms with Gasteiger partial charge in [0.25, 0.3) is 5.91 Å². The van der Waals surface area contributed by atoms with E-state index >= 15 is 0 Å². The van der Waals surface area contributed by atoms with Gasteiger partial charge in [-0.15, -0.1) is 0 Å². The Labute approximate surface area is 122 Å². The Balaban J connectivity index is 2.21. The van der Waals surface area contributed by atoms with E-state index in [1.165, 1.54) is 6.07 Å². The van der Waals surface area contributed by atoms with Crippen LogP contribution in [0.3, 0.4) is 0 Å². The predicted octanol–water partition coefficient (Wildman–Crippen LogP) is 4.51. The average molecular weight is 289 g/mol. The summed E-state index contributed by atoms with van der Waals surface area (Å²) in [6.07, 6.45) is 0. The molecule has 0 spiro atoms. The van der Waals surface area contributed by atoms with E-state index in [4.69, 9.17) is 0 Å². The molecule has 0 radical (unpaired) electrons. The zero-order valence-electron chi connectivity index (χ0n) is 12.2. The summed E-state index contributed by atoms with van der Waals surface area (Å²) in [5.74, 6) is -2.14. The van der Waals surface area contributed by atoms with Gasteiger partial charge in [0.2, 0.25) is 0 Å². The Morgan fingerprint density at radius 1 is 0.952 bits per heavy atom. The van der Waals surface area contributed by atoms with Crippen molar-refractivity contribution in [1.29, 1.82) is 0 Å². The van der Waals surface area contributed by atoms with Crippen molar-refractivity contribution in [3.05, 3.63) is 65.2 Å². The van der Waals surface area contributed by atoms with Crippen molar-refractivity contribution in [3.63, 3.8) is 0 Å². The maximum absolute atomic E-state index is 13.5. The first-order chi connectivity index (χ1) is 9.79. The molecule has 2 aromatic rings. The van der Waals surface area contributed by atoms with Gasteiger partial charge in [-0.3, -0.25) is 4.79 Å². The van der Waals surface area contributed by atoms with E-state index in [0.717, 1.165) is 17.7 Å². The fourth-order valence-electron chi connectivity index (χ4n) is 1.92. The summed E-state index contributed by atoms with van der Waals surface area (Å²) in [6, 6.07) is 10.4. The second-order valence-electron chi connectivity index (χ2n) is 5.88. The highest BCUT2D eigenvalue weighted by atomic mass is 19.1. The van der Waals surface area contributed by atoms with Crippen LogP contribution in [0.2, 0.25) is 0 Å². The molecule has 0 aromatic heterocycles. The molecular formula is C17H17F2NO. The van der Waals surface area contributed by atoms with E-state index in [9.17, 15) is 13.6 Å². The molecule has 110 valence electrons. The van der Waals surface area contributed by atoms with Gasteiger partial charge in [0.05, 0.1) is 0 Å². The second kappa shape index (κ2) is 5.64. The molecule has 1 N–H and O–H groups in total. The molecule has 0 bridgehead atoms. The molecule has 2 aromatic carbocycles. The first-order valence-electron chi connectivity index (χ1n) is 6.65. The Morgan fingerprint density at radius 2 is 1.48 bits per heavy atom. The van der Waals surface area contributed by atoms with Gasteiger partial charge in [-0.2, -0.15) is 0 Å². The topological polar surface area (TPSA) is 29.1 Å². The minimum absolute atomic E-state index is 0.0212. The SMILES string of the molecule is CC(C)(C)c1ccc(C(=O)Nc2c(F)cccc2F)cc1. The fourth-order valence-corrected chi connectivity index (χ4v) is 1.92. The van der Waals surface area contributed by atoms with Crippen molar-refractivity contribution < 1.29 is 13.6 Å². The summed E-state index contributed by atoms with van der Waals surface area (Å²) in [5.41, 5.74) is 0.983. The van der Waals surface area contributed by atoms with Gasteiger partial charge in [0, 0.05) is 5.56 Å². The lowest BCUT2D eigenvalue weighted by molar-refractivity contribution is 0.102. The molecular weight excluding hydrogens is 272 g/mol. The van der Waals surface area contributed by atoms with Gasteiger partial charge in [0.1, 0.15) is 17.3 Å². The van der Waals surface area contributed by atoms with Crippen molar-refractivity contribution in [1.82, 2.24) is 0 Å². The highest BCUT2D eigenvalue weighted by Gasteiger charge is 2.16. The molecule has 0 aliphatic carbocycles. The molecule has 21 heavy (non-hydrogen) atoms. The number of amides is 1. The lowest BCUT2D eigenvalue weighted by Gasteiger charge is -2.19. The number of anilines is 1. The van der Waals surface area contributed by atoms with Gasteiger partial charge < -0.3 is 5.32 Å². The molecule has 1 amide bonds. The summed E-state index contributed by atoms with van der Waals surface area (Å²) in [7, 11) is 0. The van der Waals surface area contributed by atoms with Crippen molar-refractivity contribution >= 4 is 11.6 Å². The number of hydrogen-bond donors (Lipinski definition) is 1. The van der Waals surface area contributed by atoms with Gasteiger partial charge in [-0.25, -0.2) is 8.78 Å². The molecule has 0 heterocycles. The number of rotatable bonds is 2. The zero-order chi connectivity index (χ0) is 15.6. The van der Waals surface area contributed by atoms with Crippen LogP contribution in [0.25, 0.3) is 0 Å². The average Bonchev–Trinajstić information content (AvgIpc) is 2.42. The Hall–Kier alpha value is -2.23. The summed E-state index contributed by atoms with van der Waals surface area (Å²) >= 11 is 0. The van der Waals surface area contributed by atoms with Gasteiger partial charge >= 0.3 is 0 Å². The van der Waals surface area contributed by atoms with Crippen LogP contribution in [0.1, 0.15) is 36.7 Å². The number of carbonyl (C=O) groups is 1. The van der Waals surface area contributed by atoms with Crippen LogP contribution in [0, 0.1) is 11.6 Å². The fraction of sp³-hybridized carbons (Fsp3) is 0.235. The van der Waals surface area contributed by atoms with E-state index in [-0.39, 0.29) is 5.41 Å². The third-order valence-corrected chi connectivity index (χ3v) is 3.21. The quantitative estimate of drug-likeness (QED) is 0.865. The van der Waals surface area contributed by atoms with Crippen molar-refractivity contribution in [2.45, 2.75) is 26.2 Å². The molecule has 0 fully saturated rings. The maximum atomic E-state index is 13.5. The van der Waals surface area contributed by atoms with E-state index in [2.05, 4.69) is 26.1 Å². The monoisotopic (exact) mass is 289 g/mol. The minimum atomic E-state index is -0.797. The zero-order valence-corrected chi connectivity index (χ0v) is 12.2. The lowest BCUT2D eigenvalue weighted by atomic mass is 9.87. The van der Waals surface area contributed by atoms with Crippen LogP contribution in [0.15, 0.2) is 42.5 Å². The number of para-hydroxylation sites is 1. The summed E-state index contributed by atoms with van der Waals surface area (Å²) in [5, 5.41) is 2.26. The molecule has 2 nitrogen and oxygen atoms in total. The normalized spacial score (nSPS) is 11.3. The first-order valence-corrected chi connectivity index (χ1v) is 6.65. The van der Waals surface area contributed by atoms with Gasteiger partial charge in [-0.1, -0.05) is 39.0 Å². The smallest absolute Gasteiger partial charge is 0.255 e. The van der Waals surface area contributed by atoms with Crippen LogP contribution in [-0.4, -0.2) is 5.91 Å². The summed E-state index contributed by atoms with van der Waals surface area (Å²) in [4.78, 5) is 12.0. The molecule has 0 saturated carbocycles. The van der Waals surface area contributed by atoms with Crippen LogP contribution in [0.4, 0.5) is 14.5 Å². The highest BCUT2D eigenvalue weighted by Crippen LogP contribution is 2.23. The first kappa shape index (κ1) is 15.2. The van der Waals surface area contributed by atoms with Crippen LogP contribution < -0.4 is 5.32 Å². The molecule has 0 saturated heterocycles. The van der Waals surface area contributed by atoms with Crippen molar-refractivity contribution in [2.24, 2.45) is 0 Å². The number of nitrogens with one attached hydrogen (secondary N) is 1. The molecule has 0 unspecified atom stereocenters. The third kappa shape index (κ3) is 3.45. The van der Waals surface area contributed by atoms with Gasteiger partial charge in [0.15, 0.2) is 0 Å². The summed E-state index contributed by atoms with van der Waals surface area (Å²) in [6.45, 7) is 6.20. The van der Waals surface area contributed by atoms with Crippen molar-refractivity contribution in [2.75, 3.05) is 5.32 Å². The number of benzene rings is 2. The number of halogens is 2. The van der Waals surface area contributed by atoms with E-state index in [1.54, 1.807) is 12.1 Å². The number of carbonyl (C=O) groups excluding carboxylic acids is 1. The standard InChI is InChI=1S/C17H17F2NO/c1-17(2,3)12-9-7-11(8-10-12)16(21)20-15-13(18)5-4-6-14(15)19/h4-10H,1-3H3,(H,20,21). The van der Waals surface area contributed by atoms with Crippen LogP contribution in [0.5, 0.6) is 0 Å². The third-order valence-electron chi connectivity index (χ3n) is 3.21. The van der Waals surface area contributed by atoms with Crippen molar-refractivity contribution in [3.8, 4) is 0 Å². The molecule has 2 rings (SSSR count). The summed E-state index contributed by atoms with van der Waals surface area (Å²) < 4.78 is 27.0. The largest absolute Gasteiger partial charge is 0.317 e. The Morgan fingerprint density at radius 3 is 1.95 bits per heavy atom. The second-order valence-corrected chi connectivity index (χ2v) is 5.88. The van der Waals surface area contributed by atoms with Crippen LogP contribution in [-0.2, 0) is 5.41 Å². The lowest BCUT2D eigenvalue weighted by Crippen LogP contribution is -2.15.